The van der Waals surface area contributed by atoms with Gasteiger partial charge in [-0.1, -0.05) is 31.2 Å². The Bertz CT molecular complexity index is 458. The highest BCUT2D eigenvalue weighted by atomic mass is 16.4. The molecule has 1 aromatic rings. The zero-order chi connectivity index (χ0) is 13.3. The summed E-state index contributed by atoms with van der Waals surface area (Å²) in [4.78, 5) is 13.9. The summed E-state index contributed by atoms with van der Waals surface area (Å²) >= 11 is 0. The third-order valence-electron chi connectivity index (χ3n) is 4.43. The molecule has 2 unspecified atom stereocenters. The lowest BCUT2D eigenvalue weighted by atomic mass is 9.88. The Hall–Kier alpha value is -1.35. The molecule has 0 aromatic heterocycles. The second-order valence-electron chi connectivity index (χ2n) is 5.19. The lowest BCUT2D eigenvalue weighted by Crippen LogP contribution is -2.52. The van der Waals surface area contributed by atoms with E-state index in [0.29, 0.717) is 6.42 Å². The summed E-state index contributed by atoms with van der Waals surface area (Å²) in [5.41, 5.74) is 1.31. The van der Waals surface area contributed by atoms with Gasteiger partial charge in [-0.05, 0) is 44.4 Å². The van der Waals surface area contributed by atoms with Crippen LogP contribution in [0.25, 0.3) is 0 Å². The van der Waals surface area contributed by atoms with Gasteiger partial charge in [0.15, 0.2) is 0 Å². The van der Waals surface area contributed by atoms with E-state index in [1.165, 1.54) is 5.56 Å². The Balaban J connectivity index is 2.51. The van der Waals surface area contributed by atoms with Crippen molar-refractivity contribution in [1.82, 2.24) is 4.90 Å². The van der Waals surface area contributed by atoms with Crippen LogP contribution in [0, 0.1) is 0 Å². The van der Waals surface area contributed by atoms with Gasteiger partial charge in [-0.25, -0.2) is 4.79 Å². The van der Waals surface area contributed by atoms with Gasteiger partial charge in [0, 0.05) is 6.04 Å². The van der Waals surface area contributed by atoms with E-state index in [9.17, 15) is 9.90 Å². The zero-order valence-corrected chi connectivity index (χ0v) is 11.3. The van der Waals surface area contributed by atoms with E-state index in [-0.39, 0.29) is 6.04 Å². The summed E-state index contributed by atoms with van der Waals surface area (Å²) in [6.07, 6.45) is 2.47. The minimum atomic E-state index is -0.841. The Morgan fingerprint density at radius 1 is 1.50 bits per heavy atom. The van der Waals surface area contributed by atoms with Crippen molar-refractivity contribution < 1.29 is 9.90 Å². The highest BCUT2D eigenvalue weighted by molar-refractivity contribution is 5.82. The number of fused-ring (bicyclic) bond motifs is 1. The third-order valence-corrected chi connectivity index (χ3v) is 4.43. The summed E-state index contributed by atoms with van der Waals surface area (Å²) in [6, 6.07) is 8.19. The first-order valence-corrected chi connectivity index (χ1v) is 6.58. The number of hydrogen-bond acceptors (Lipinski definition) is 2. The molecule has 0 fully saturated rings. The van der Waals surface area contributed by atoms with Crippen molar-refractivity contribution in [3.8, 4) is 0 Å². The number of likely N-dealkylation sites (N-methyl/N-ethyl adjacent to an activating group) is 1. The van der Waals surface area contributed by atoms with Gasteiger partial charge >= 0.3 is 5.97 Å². The highest BCUT2D eigenvalue weighted by Gasteiger charge is 2.49. The highest BCUT2D eigenvalue weighted by Crippen LogP contribution is 2.42. The molecule has 1 aromatic carbocycles. The second kappa shape index (κ2) is 4.73. The van der Waals surface area contributed by atoms with Crippen LogP contribution >= 0.6 is 0 Å². The van der Waals surface area contributed by atoms with E-state index < -0.39 is 11.5 Å². The van der Waals surface area contributed by atoms with Crippen molar-refractivity contribution in [2.24, 2.45) is 0 Å². The summed E-state index contributed by atoms with van der Waals surface area (Å²) in [7, 11) is 1.93. The molecule has 2 rings (SSSR count). The van der Waals surface area contributed by atoms with Gasteiger partial charge in [-0.3, -0.25) is 4.90 Å². The van der Waals surface area contributed by atoms with Crippen molar-refractivity contribution in [3.05, 3.63) is 35.4 Å². The minimum Gasteiger partial charge on any atom is -0.480 e. The van der Waals surface area contributed by atoms with Gasteiger partial charge < -0.3 is 5.11 Å². The van der Waals surface area contributed by atoms with Gasteiger partial charge in [-0.15, -0.1) is 0 Å². The fourth-order valence-electron chi connectivity index (χ4n) is 2.98. The number of aliphatic carboxylic acids is 1. The molecule has 0 saturated carbocycles. The number of carboxylic acid groups (broad SMARTS) is 1. The molecule has 0 heterocycles. The number of nitrogens with zero attached hydrogens (tertiary/aromatic N) is 1. The van der Waals surface area contributed by atoms with Crippen molar-refractivity contribution in [3.63, 3.8) is 0 Å². The minimum absolute atomic E-state index is 0.257. The van der Waals surface area contributed by atoms with E-state index in [0.717, 1.165) is 18.4 Å². The molecule has 1 aliphatic rings. The average Bonchev–Trinajstić information content (AvgIpc) is 2.77. The number of rotatable bonds is 4. The van der Waals surface area contributed by atoms with Gasteiger partial charge in [0.25, 0.3) is 0 Å². The van der Waals surface area contributed by atoms with Gasteiger partial charge in [0.1, 0.15) is 5.54 Å². The number of carbonyl (C=O) groups is 1. The number of aryl methyl sites for hydroxylation is 1. The molecule has 0 radical (unpaired) electrons. The quantitative estimate of drug-likeness (QED) is 0.889. The lowest BCUT2D eigenvalue weighted by molar-refractivity contribution is -0.153. The van der Waals surface area contributed by atoms with Gasteiger partial charge in [0.2, 0.25) is 0 Å². The smallest absolute Gasteiger partial charge is 0.328 e. The topological polar surface area (TPSA) is 40.5 Å². The molecular weight excluding hydrogens is 226 g/mol. The van der Waals surface area contributed by atoms with Crippen LogP contribution in [0.1, 0.15) is 37.8 Å². The molecule has 1 N–H and O–H groups in total. The Kier molecular flexibility index (Phi) is 3.44. The average molecular weight is 247 g/mol. The van der Waals surface area contributed by atoms with Crippen LogP contribution in [0.5, 0.6) is 0 Å². The molecule has 0 saturated heterocycles. The molecule has 3 nitrogen and oxygen atoms in total. The van der Waals surface area contributed by atoms with Crippen LogP contribution in [-0.4, -0.2) is 29.1 Å². The molecule has 0 bridgehead atoms. The Morgan fingerprint density at radius 2 is 2.17 bits per heavy atom. The van der Waals surface area contributed by atoms with E-state index in [2.05, 4.69) is 13.8 Å². The van der Waals surface area contributed by atoms with E-state index in [1.807, 2.05) is 36.2 Å². The molecule has 0 spiro atoms. The predicted molar refractivity (Wildman–Crippen MR) is 71.6 cm³/mol. The van der Waals surface area contributed by atoms with Gasteiger partial charge in [-0.2, -0.15) is 0 Å². The number of benzene rings is 1. The van der Waals surface area contributed by atoms with E-state index in [4.69, 9.17) is 0 Å². The van der Waals surface area contributed by atoms with Crippen molar-refractivity contribution in [2.75, 3.05) is 7.05 Å². The molecule has 18 heavy (non-hydrogen) atoms. The molecule has 1 aliphatic carbocycles. The number of carboxylic acids is 1. The van der Waals surface area contributed by atoms with Crippen LogP contribution in [0.2, 0.25) is 0 Å². The maximum atomic E-state index is 11.9. The molecule has 2 atom stereocenters. The fourth-order valence-corrected chi connectivity index (χ4v) is 2.98. The first-order valence-electron chi connectivity index (χ1n) is 6.58. The molecule has 0 aliphatic heterocycles. The Labute approximate surface area is 108 Å². The fraction of sp³-hybridized carbons (Fsp3) is 0.533. The van der Waals surface area contributed by atoms with Crippen molar-refractivity contribution in [1.29, 1.82) is 0 Å². The van der Waals surface area contributed by atoms with Crippen molar-refractivity contribution >= 4 is 5.97 Å². The first kappa shape index (κ1) is 13.1. The monoisotopic (exact) mass is 247 g/mol. The van der Waals surface area contributed by atoms with Crippen LogP contribution in [0.3, 0.4) is 0 Å². The lowest BCUT2D eigenvalue weighted by Gasteiger charge is -2.39. The van der Waals surface area contributed by atoms with Gasteiger partial charge in [0.05, 0.1) is 0 Å². The predicted octanol–water partition coefficient (Wildman–Crippen LogP) is 2.64. The van der Waals surface area contributed by atoms with E-state index >= 15 is 0 Å². The molecule has 0 amide bonds. The first-order chi connectivity index (χ1) is 8.54. The zero-order valence-electron chi connectivity index (χ0n) is 11.3. The Morgan fingerprint density at radius 3 is 2.78 bits per heavy atom. The maximum absolute atomic E-state index is 11.9. The summed E-state index contributed by atoms with van der Waals surface area (Å²) in [6.45, 7) is 4.18. The molecular formula is C15H21NO2. The van der Waals surface area contributed by atoms with Crippen LogP contribution in [-0.2, 0) is 16.8 Å². The third kappa shape index (κ3) is 1.74. The van der Waals surface area contributed by atoms with Crippen LogP contribution in [0.15, 0.2) is 24.3 Å². The molecule has 3 heteroatoms. The largest absolute Gasteiger partial charge is 0.480 e. The van der Waals surface area contributed by atoms with Crippen molar-refractivity contribution in [2.45, 2.75) is 44.7 Å². The number of hydrogen-bond donors (Lipinski definition) is 1. The molecule has 98 valence electrons. The summed E-state index contributed by atoms with van der Waals surface area (Å²) in [5, 5.41) is 9.78. The second-order valence-corrected chi connectivity index (χ2v) is 5.19. The van der Waals surface area contributed by atoms with Crippen LogP contribution < -0.4 is 0 Å². The maximum Gasteiger partial charge on any atom is 0.328 e. The summed E-state index contributed by atoms with van der Waals surface area (Å²) < 4.78 is 0. The SMILES string of the molecule is CCC(C)N(C)C1(C(=O)O)CCc2ccccc21. The summed E-state index contributed by atoms with van der Waals surface area (Å²) in [5.74, 6) is -0.727. The van der Waals surface area contributed by atoms with Crippen LogP contribution in [0.4, 0.5) is 0 Å². The van der Waals surface area contributed by atoms with E-state index in [1.54, 1.807) is 0 Å². The normalized spacial score (nSPS) is 24.0. The standard InChI is InChI=1S/C15H21NO2/c1-4-11(2)16(3)15(14(17)18)10-9-12-7-5-6-8-13(12)15/h5-8,11H,4,9-10H2,1-3H3,(H,17,18).